The molecule has 6 heteroatoms. The van der Waals surface area contributed by atoms with Crippen molar-refractivity contribution in [2.75, 3.05) is 0 Å². The van der Waals surface area contributed by atoms with E-state index in [1.807, 2.05) is 12.1 Å². The van der Waals surface area contributed by atoms with Gasteiger partial charge in [-0.15, -0.1) is 0 Å². The summed E-state index contributed by atoms with van der Waals surface area (Å²) < 4.78 is 63.7. The zero-order chi connectivity index (χ0) is 30.5. The number of aryl methyl sites for hydroxylation is 2. The van der Waals surface area contributed by atoms with Gasteiger partial charge in [0.1, 0.15) is 5.75 Å². The minimum Gasteiger partial charge on any atom is -0.508 e. The lowest BCUT2D eigenvalue weighted by Gasteiger charge is -2.16. The van der Waals surface area contributed by atoms with Crippen molar-refractivity contribution in [3.05, 3.63) is 100 Å². The van der Waals surface area contributed by atoms with Crippen molar-refractivity contribution in [3.63, 3.8) is 0 Å². The molecule has 0 amide bonds. The highest BCUT2D eigenvalue weighted by atomic mass is 19.4. The van der Waals surface area contributed by atoms with Gasteiger partial charge in [0.25, 0.3) is 5.92 Å². The van der Waals surface area contributed by atoms with Crippen LogP contribution in [0.1, 0.15) is 101 Å². The van der Waals surface area contributed by atoms with Gasteiger partial charge in [-0.3, -0.25) is 0 Å². The molecule has 0 saturated carbocycles. The predicted molar refractivity (Wildman–Crippen MR) is 156 cm³/mol. The third-order valence-corrected chi connectivity index (χ3v) is 6.52. The SMILES string of the molecule is CCC(C)c1ccc(CC(C)C)cc1.CCCc1cc(C(C)(F)F)cc(C(F)(F)F)c1.CCc1ccc(O)cc1. The van der Waals surface area contributed by atoms with E-state index in [0.717, 1.165) is 24.5 Å². The molecule has 0 heterocycles. The monoisotopic (exact) mass is 564 g/mol. The Labute approximate surface area is 237 Å². The number of hydrogen-bond donors (Lipinski definition) is 1. The van der Waals surface area contributed by atoms with Gasteiger partial charge in [-0.05, 0) is 90.1 Å². The molecular weight excluding hydrogens is 519 g/mol. The highest BCUT2D eigenvalue weighted by Gasteiger charge is 2.34. The van der Waals surface area contributed by atoms with Crippen molar-refractivity contribution in [3.8, 4) is 5.75 Å². The molecule has 1 atom stereocenters. The second kappa shape index (κ2) is 16.4. The van der Waals surface area contributed by atoms with Gasteiger partial charge in [0.15, 0.2) is 0 Å². The molecule has 3 aromatic carbocycles. The maximum atomic E-state index is 13.1. The van der Waals surface area contributed by atoms with Gasteiger partial charge >= 0.3 is 6.18 Å². The van der Waals surface area contributed by atoms with Crippen LogP contribution in [0.3, 0.4) is 0 Å². The van der Waals surface area contributed by atoms with Gasteiger partial charge in [0, 0.05) is 12.5 Å². The van der Waals surface area contributed by atoms with Crippen LogP contribution in [-0.2, 0) is 31.4 Å². The van der Waals surface area contributed by atoms with Crippen molar-refractivity contribution in [1.82, 2.24) is 0 Å². The van der Waals surface area contributed by atoms with Crippen LogP contribution < -0.4 is 0 Å². The molecule has 0 aliphatic heterocycles. The molecular formula is C34H45F5O. The van der Waals surface area contributed by atoms with E-state index >= 15 is 0 Å². The molecule has 0 bridgehead atoms. The molecule has 0 fully saturated rings. The van der Waals surface area contributed by atoms with Gasteiger partial charge in [0.2, 0.25) is 0 Å². The summed E-state index contributed by atoms with van der Waals surface area (Å²) in [4.78, 5) is 0. The fraction of sp³-hybridized carbons (Fsp3) is 0.471. The maximum Gasteiger partial charge on any atom is 0.416 e. The second-order valence-corrected chi connectivity index (χ2v) is 10.7. The quantitative estimate of drug-likeness (QED) is 0.270. The third-order valence-electron chi connectivity index (χ3n) is 6.52. The average molecular weight is 565 g/mol. The number of halogens is 5. The summed E-state index contributed by atoms with van der Waals surface area (Å²) >= 11 is 0. The Hall–Kier alpha value is -2.89. The minimum absolute atomic E-state index is 0.291. The van der Waals surface area contributed by atoms with Gasteiger partial charge in [0.05, 0.1) is 5.56 Å². The van der Waals surface area contributed by atoms with Crippen molar-refractivity contribution >= 4 is 0 Å². The second-order valence-electron chi connectivity index (χ2n) is 10.7. The number of benzene rings is 3. The summed E-state index contributed by atoms with van der Waals surface area (Å²) in [5.41, 5.74) is 2.88. The van der Waals surface area contributed by atoms with Crippen LogP contribution in [0, 0.1) is 5.92 Å². The van der Waals surface area contributed by atoms with E-state index in [1.165, 1.54) is 29.5 Å². The Morgan fingerprint density at radius 2 is 1.23 bits per heavy atom. The number of hydrogen-bond acceptors (Lipinski definition) is 1. The van der Waals surface area contributed by atoms with Crippen LogP contribution in [0.4, 0.5) is 22.0 Å². The number of phenols is 1. The van der Waals surface area contributed by atoms with Crippen molar-refractivity contribution in [2.45, 2.75) is 98.6 Å². The molecule has 3 aromatic rings. The van der Waals surface area contributed by atoms with E-state index in [4.69, 9.17) is 5.11 Å². The smallest absolute Gasteiger partial charge is 0.416 e. The van der Waals surface area contributed by atoms with E-state index < -0.39 is 23.2 Å². The first-order valence-corrected chi connectivity index (χ1v) is 14.1. The van der Waals surface area contributed by atoms with Crippen molar-refractivity contribution in [2.24, 2.45) is 5.92 Å². The summed E-state index contributed by atoms with van der Waals surface area (Å²) in [6.45, 7) is 13.5. The van der Waals surface area contributed by atoms with E-state index in [1.54, 1.807) is 19.1 Å². The molecule has 0 aliphatic rings. The topological polar surface area (TPSA) is 20.2 Å². The lowest BCUT2D eigenvalue weighted by Crippen LogP contribution is -2.12. The fourth-order valence-corrected chi connectivity index (χ4v) is 3.96. The Kier molecular flexibility index (Phi) is 14.4. The molecule has 1 unspecified atom stereocenters. The summed E-state index contributed by atoms with van der Waals surface area (Å²) in [6.07, 6.45) is -0.183. The first-order valence-electron chi connectivity index (χ1n) is 14.1. The van der Waals surface area contributed by atoms with Crippen LogP contribution in [0.15, 0.2) is 66.7 Å². The van der Waals surface area contributed by atoms with Crippen LogP contribution in [-0.4, -0.2) is 5.11 Å². The van der Waals surface area contributed by atoms with Crippen molar-refractivity contribution < 1.29 is 27.1 Å². The number of phenolic OH excluding ortho intramolecular Hbond substituents is 1. The maximum absolute atomic E-state index is 13.1. The predicted octanol–water partition coefficient (Wildman–Crippen LogP) is 11.1. The average Bonchev–Trinajstić information content (AvgIpc) is 2.88. The molecule has 1 N–H and O–H groups in total. The Balaban J connectivity index is 0.000000314. The number of alkyl halides is 5. The molecule has 222 valence electrons. The zero-order valence-electron chi connectivity index (χ0n) is 24.9. The Morgan fingerprint density at radius 1 is 0.700 bits per heavy atom. The Morgan fingerprint density at radius 3 is 1.65 bits per heavy atom. The molecule has 1 nitrogen and oxygen atoms in total. The highest BCUT2D eigenvalue weighted by molar-refractivity contribution is 5.34. The molecule has 0 radical (unpaired) electrons. The largest absolute Gasteiger partial charge is 0.508 e. The van der Waals surface area contributed by atoms with Gasteiger partial charge in [-0.2, -0.15) is 13.2 Å². The van der Waals surface area contributed by atoms with Crippen LogP contribution in [0.5, 0.6) is 5.75 Å². The van der Waals surface area contributed by atoms with Crippen LogP contribution in [0.2, 0.25) is 0 Å². The van der Waals surface area contributed by atoms with Crippen LogP contribution >= 0.6 is 0 Å². The summed E-state index contributed by atoms with van der Waals surface area (Å²) in [5, 5.41) is 8.85. The van der Waals surface area contributed by atoms with Crippen LogP contribution in [0.25, 0.3) is 0 Å². The van der Waals surface area contributed by atoms with Crippen molar-refractivity contribution in [1.29, 1.82) is 0 Å². The lowest BCUT2D eigenvalue weighted by atomic mass is 9.95. The van der Waals surface area contributed by atoms with E-state index in [9.17, 15) is 22.0 Å². The number of aromatic hydroxyl groups is 1. The van der Waals surface area contributed by atoms with Gasteiger partial charge < -0.3 is 5.11 Å². The van der Waals surface area contributed by atoms with Gasteiger partial charge in [-0.1, -0.05) is 84.4 Å². The normalized spacial score (nSPS) is 12.2. The Bertz CT molecular complexity index is 1080. The van der Waals surface area contributed by atoms with E-state index in [2.05, 4.69) is 58.9 Å². The molecule has 0 aliphatic carbocycles. The molecule has 0 saturated heterocycles. The minimum atomic E-state index is -4.59. The molecule has 3 rings (SSSR count). The zero-order valence-corrected chi connectivity index (χ0v) is 24.9. The fourth-order valence-electron chi connectivity index (χ4n) is 3.96. The highest BCUT2D eigenvalue weighted by Crippen LogP contribution is 2.35. The molecule has 40 heavy (non-hydrogen) atoms. The summed E-state index contributed by atoms with van der Waals surface area (Å²) in [6, 6.07) is 19.0. The van der Waals surface area contributed by atoms with E-state index in [-0.39, 0.29) is 0 Å². The number of rotatable bonds is 8. The van der Waals surface area contributed by atoms with Gasteiger partial charge in [-0.25, -0.2) is 8.78 Å². The summed E-state index contributed by atoms with van der Waals surface area (Å²) in [5.74, 6) is -1.47. The molecule has 0 spiro atoms. The standard InChI is InChI=1S/C14H22.C12H13F5.C8H10O/c1-5-12(4)14-8-6-13(7-9-14)10-11(2)3;1-3-4-8-5-9(11(2,13)14)7-10(6-8)12(15,16)17;1-2-7-3-5-8(9)6-4-7/h6-9,11-12H,5,10H2,1-4H3;5-7H,3-4H2,1-2H3;3-6,9H,2H2,1H3. The third kappa shape index (κ3) is 13.0. The first-order chi connectivity index (χ1) is 18.6. The molecule has 0 aromatic heterocycles. The summed E-state index contributed by atoms with van der Waals surface area (Å²) in [7, 11) is 0. The van der Waals surface area contributed by atoms with E-state index in [0.29, 0.717) is 43.1 Å². The lowest BCUT2D eigenvalue weighted by molar-refractivity contribution is -0.137. The first kappa shape index (κ1) is 35.1.